The van der Waals surface area contributed by atoms with Gasteiger partial charge in [-0.1, -0.05) is 18.2 Å². The van der Waals surface area contributed by atoms with Gasteiger partial charge in [-0.25, -0.2) is 9.59 Å². The van der Waals surface area contributed by atoms with Crippen LogP contribution >= 0.6 is 0 Å². The van der Waals surface area contributed by atoms with Crippen LogP contribution in [0.4, 0.5) is 0 Å². The van der Waals surface area contributed by atoms with Crippen molar-refractivity contribution in [2.75, 3.05) is 0 Å². The molecule has 90 valence electrons. The van der Waals surface area contributed by atoms with Gasteiger partial charge in [0.25, 0.3) is 0 Å². The summed E-state index contributed by atoms with van der Waals surface area (Å²) < 4.78 is 4.54. The number of carbonyl (C=O) groups is 2. The van der Waals surface area contributed by atoms with Crippen molar-refractivity contribution in [1.82, 2.24) is 0 Å². The number of fused-ring (bicyclic) bond motifs is 1. The summed E-state index contributed by atoms with van der Waals surface area (Å²) in [5.41, 5.74) is 2.82. The Morgan fingerprint density at radius 1 is 0.842 bits per heavy atom. The van der Waals surface area contributed by atoms with Gasteiger partial charge in [-0.3, -0.25) is 0 Å². The fraction of sp³-hybridized carbons (Fsp3) is 0. The molecule has 3 rings (SSSR count). The van der Waals surface area contributed by atoms with Gasteiger partial charge < -0.3 is 4.74 Å². The van der Waals surface area contributed by atoms with Crippen LogP contribution in [-0.2, 0) is 4.74 Å². The second-order valence-electron chi connectivity index (χ2n) is 4.13. The topological polar surface area (TPSA) is 67.2 Å². The molecule has 4 heteroatoms. The standard InChI is InChI=1S/C15H7NO3/c16-8-9-1-3-10(4-2-9)11-5-6-12-13(7-11)15(18)19-14(12)17/h1-7H. The van der Waals surface area contributed by atoms with E-state index >= 15 is 0 Å². The predicted molar refractivity (Wildman–Crippen MR) is 66.3 cm³/mol. The SMILES string of the molecule is N#Cc1ccc(-c2ccc3c(c2)C(=O)OC3=O)cc1. The first kappa shape index (κ1) is 11.2. The first-order chi connectivity index (χ1) is 9.19. The number of nitriles is 1. The van der Waals surface area contributed by atoms with Gasteiger partial charge >= 0.3 is 11.9 Å². The van der Waals surface area contributed by atoms with Crippen molar-refractivity contribution >= 4 is 11.9 Å². The number of hydrogen-bond donors (Lipinski definition) is 0. The molecule has 19 heavy (non-hydrogen) atoms. The van der Waals surface area contributed by atoms with Gasteiger partial charge in [0.15, 0.2) is 0 Å². The number of nitrogens with zero attached hydrogens (tertiary/aromatic N) is 1. The molecular weight excluding hydrogens is 242 g/mol. The first-order valence-corrected chi connectivity index (χ1v) is 5.60. The lowest BCUT2D eigenvalue weighted by molar-refractivity contribution is 0.0444. The summed E-state index contributed by atoms with van der Waals surface area (Å²) in [4.78, 5) is 22.8. The Bertz CT molecular complexity index is 739. The molecule has 0 aliphatic carbocycles. The largest absolute Gasteiger partial charge is 0.386 e. The van der Waals surface area contributed by atoms with Crippen LogP contribution in [0.3, 0.4) is 0 Å². The fourth-order valence-corrected chi connectivity index (χ4v) is 2.00. The van der Waals surface area contributed by atoms with Gasteiger partial charge in [0.2, 0.25) is 0 Å². The van der Waals surface area contributed by atoms with Gasteiger partial charge in [0.1, 0.15) is 0 Å². The summed E-state index contributed by atoms with van der Waals surface area (Å²) in [6, 6.07) is 14.0. The van der Waals surface area contributed by atoms with Crippen molar-refractivity contribution < 1.29 is 14.3 Å². The van der Waals surface area contributed by atoms with Gasteiger partial charge in [0, 0.05) is 0 Å². The lowest BCUT2D eigenvalue weighted by Gasteiger charge is -2.02. The van der Waals surface area contributed by atoms with E-state index in [2.05, 4.69) is 4.74 Å². The van der Waals surface area contributed by atoms with Crippen molar-refractivity contribution in [3.05, 3.63) is 59.2 Å². The maximum Gasteiger partial charge on any atom is 0.346 e. The summed E-state index contributed by atoms with van der Waals surface area (Å²) in [7, 11) is 0. The molecule has 1 aliphatic rings. The fourth-order valence-electron chi connectivity index (χ4n) is 2.00. The summed E-state index contributed by atoms with van der Waals surface area (Å²) in [6.07, 6.45) is 0. The van der Waals surface area contributed by atoms with E-state index in [1.54, 1.807) is 42.5 Å². The number of esters is 2. The molecule has 1 aliphatic heterocycles. The molecule has 0 radical (unpaired) electrons. The Hall–Kier alpha value is -2.93. The Morgan fingerprint density at radius 3 is 2.16 bits per heavy atom. The molecule has 0 aromatic heterocycles. The maximum absolute atomic E-state index is 11.5. The molecular formula is C15H7NO3. The van der Waals surface area contributed by atoms with Crippen molar-refractivity contribution in [2.45, 2.75) is 0 Å². The first-order valence-electron chi connectivity index (χ1n) is 5.60. The van der Waals surface area contributed by atoms with Gasteiger partial charge in [-0.2, -0.15) is 5.26 Å². The number of benzene rings is 2. The molecule has 0 spiro atoms. The Balaban J connectivity index is 2.07. The van der Waals surface area contributed by atoms with Crippen LogP contribution in [0.1, 0.15) is 26.3 Å². The van der Waals surface area contributed by atoms with Gasteiger partial charge in [-0.15, -0.1) is 0 Å². The zero-order valence-corrected chi connectivity index (χ0v) is 9.71. The van der Waals surface area contributed by atoms with Gasteiger partial charge in [-0.05, 0) is 35.4 Å². The molecule has 0 bridgehead atoms. The van der Waals surface area contributed by atoms with Crippen LogP contribution in [0.25, 0.3) is 11.1 Å². The van der Waals surface area contributed by atoms with Crippen molar-refractivity contribution in [2.24, 2.45) is 0 Å². The molecule has 0 fully saturated rings. The van der Waals surface area contributed by atoms with Crippen LogP contribution in [0.5, 0.6) is 0 Å². The van der Waals surface area contributed by atoms with E-state index < -0.39 is 11.9 Å². The number of ether oxygens (including phenoxy) is 1. The number of cyclic esters (lactones) is 2. The summed E-state index contributed by atoms with van der Waals surface area (Å²) in [5, 5.41) is 8.74. The Labute approximate surface area is 108 Å². The van der Waals surface area contributed by atoms with E-state index in [0.29, 0.717) is 11.1 Å². The maximum atomic E-state index is 11.5. The highest BCUT2D eigenvalue weighted by molar-refractivity contribution is 6.15. The molecule has 2 aromatic carbocycles. The summed E-state index contributed by atoms with van der Waals surface area (Å²) in [5.74, 6) is -1.22. The van der Waals surface area contributed by atoms with Gasteiger partial charge in [0.05, 0.1) is 22.8 Å². The highest BCUT2D eigenvalue weighted by Gasteiger charge is 2.29. The second kappa shape index (κ2) is 4.07. The molecule has 0 saturated heterocycles. The molecule has 4 nitrogen and oxygen atoms in total. The molecule has 0 unspecified atom stereocenters. The highest BCUT2D eigenvalue weighted by atomic mass is 16.6. The van der Waals surface area contributed by atoms with E-state index in [1.807, 2.05) is 6.07 Å². The van der Waals surface area contributed by atoms with E-state index in [0.717, 1.165) is 11.1 Å². The summed E-state index contributed by atoms with van der Waals surface area (Å²) in [6.45, 7) is 0. The predicted octanol–water partition coefficient (Wildman–Crippen LogP) is 2.54. The molecule has 1 heterocycles. The molecule has 2 aromatic rings. The molecule has 0 N–H and O–H groups in total. The van der Waals surface area contributed by atoms with Crippen LogP contribution in [0.2, 0.25) is 0 Å². The number of rotatable bonds is 1. The minimum atomic E-state index is -0.615. The highest BCUT2D eigenvalue weighted by Crippen LogP contribution is 2.27. The minimum absolute atomic E-state index is 0.284. The number of carbonyl (C=O) groups excluding carboxylic acids is 2. The van der Waals surface area contributed by atoms with E-state index in [-0.39, 0.29) is 5.56 Å². The third kappa shape index (κ3) is 1.78. The molecule has 0 amide bonds. The second-order valence-corrected chi connectivity index (χ2v) is 4.13. The van der Waals surface area contributed by atoms with Crippen molar-refractivity contribution in [3.63, 3.8) is 0 Å². The third-order valence-electron chi connectivity index (χ3n) is 2.99. The van der Waals surface area contributed by atoms with E-state index in [1.165, 1.54) is 0 Å². The van der Waals surface area contributed by atoms with E-state index in [9.17, 15) is 9.59 Å². The Morgan fingerprint density at radius 2 is 1.47 bits per heavy atom. The third-order valence-corrected chi connectivity index (χ3v) is 2.99. The smallest absolute Gasteiger partial charge is 0.346 e. The van der Waals surface area contributed by atoms with Crippen LogP contribution in [0, 0.1) is 11.3 Å². The average molecular weight is 249 g/mol. The van der Waals surface area contributed by atoms with E-state index in [4.69, 9.17) is 5.26 Å². The lowest BCUT2D eigenvalue weighted by atomic mass is 9.99. The Kier molecular flexibility index (Phi) is 2.39. The minimum Gasteiger partial charge on any atom is -0.386 e. The quantitative estimate of drug-likeness (QED) is 0.575. The zero-order valence-electron chi connectivity index (χ0n) is 9.71. The average Bonchev–Trinajstić information content (AvgIpc) is 2.74. The van der Waals surface area contributed by atoms with Crippen LogP contribution in [-0.4, -0.2) is 11.9 Å². The van der Waals surface area contributed by atoms with Crippen molar-refractivity contribution in [1.29, 1.82) is 5.26 Å². The van der Waals surface area contributed by atoms with Crippen molar-refractivity contribution in [3.8, 4) is 17.2 Å². The number of hydrogen-bond acceptors (Lipinski definition) is 4. The lowest BCUT2D eigenvalue weighted by Crippen LogP contribution is -1.96. The normalized spacial score (nSPS) is 12.8. The monoisotopic (exact) mass is 249 g/mol. The molecule has 0 saturated carbocycles. The molecule has 0 atom stereocenters. The van der Waals surface area contributed by atoms with Crippen LogP contribution < -0.4 is 0 Å². The summed E-state index contributed by atoms with van der Waals surface area (Å²) >= 11 is 0. The van der Waals surface area contributed by atoms with Crippen LogP contribution in [0.15, 0.2) is 42.5 Å². The zero-order chi connectivity index (χ0) is 13.4.